The van der Waals surface area contributed by atoms with Gasteiger partial charge >= 0.3 is 0 Å². The van der Waals surface area contributed by atoms with Crippen molar-refractivity contribution >= 4 is 5.91 Å². The maximum atomic E-state index is 11.9. The number of hydrogen-bond donors (Lipinski definition) is 2. The van der Waals surface area contributed by atoms with Gasteiger partial charge in [0.05, 0.1) is 0 Å². The predicted octanol–water partition coefficient (Wildman–Crippen LogP) is 2.94. The second kappa shape index (κ2) is 7.78. The Hall–Kier alpha value is -0.570. The van der Waals surface area contributed by atoms with Gasteiger partial charge in [0.1, 0.15) is 0 Å². The molecule has 0 aromatic carbocycles. The summed E-state index contributed by atoms with van der Waals surface area (Å²) in [5.74, 6) is 0.754. The lowest BCUT2D eigenvalue weighted by Gasteiger charge is -2.27. The lowest BCUT2D eigenvalue weighted by atomic mass is 9.82. The largest absolute Gasteiger partial charge is 0.356 e. The minimum Gasteiger partial charge on any atom is -0.356 e. The Balaban J connectivity index is 3.88. The standard InChI is InChI=1S/C15H32N2O/c1-11(8-7-9-13(3)16)14(18)17-10-12(2)15(4,5)6/h11-13H,7-10,16H2,1-6H3,(H,17,18). The van der Waals surface area contributed by atoms with E-state index in [-0.39, 0.29) is 23.3 Å². The van der Waals surface area contributed by atoms with Crippen molar-refractivity contribution in [3.05, 3.63) is 0 Å². The highest BCUT2D eigenvalue weighted by Crippen LogP contribution is 2.24. The van der Waals surface area contributed by atoms with Gasteiger partial charge in [-0.2, -0.15) is 0 Å². The van der Waals surface area contributed by atoms with Crippen LogP contribution in [0, 0.1) is 17.3 Å². The molecule has 0 aliphatic carbocycles. The molecular weight excluding hydrogens is 224 g/mol. The number of nitrogens with two attached hydrogens (primary N) is 1. The topological polar surface area (TPSA) is 55.1 Å². The summed E-state index contributed by atoms with van der Waals surface area (Å²) in [7, 11) is 0. The second-order valence-corrected chi connectivity index (χ2v) is 6.82. The molecular formula is C15H32N2O. The van der Waals surface area contributed by atoms with E-state index in [1.807, 2.05) is 13.8 Å². The SMILES string of the molecule is CC(N)CCCC(C)C(=O)NCC(C)C(C)(C)C. The first-order valence-corrected chi connectivity index (χ1v) is 7.18. The Bertz CT molecular complexity index is 243. The van der Waals surface area contributed by atoms with E-state index in [1.165, 1.54) is 0 Å². The molecule has 0 aromatic rings. The molecule has 0 radical (unpaired) electrons. The van der Waals surface area contributed by atoms with E-state index in [4.69, 9.17) is 5.73 Å². The van der Waals surface area contributed by atoms with Crippen LogP contribution in [0.15, 0.2) is 0 Å². The zero-order chi connectivity index (χ0) is 14.3. The average molecular weight is 256 g/mol. The van der Waals surface area contributed by atoms with Crippen LogP contribution in [-0.2, 0) is 4.79 Å². The molecule has 1 amide bonds. The zero-order valence-corrected chi connectivity index (χ0v) is 13.0. The monoisotopic (exact) mass is 256 g/mol. The van der Waals surface area contributed by atoms with E-state index in [0.717, 1.165) is 25.8 Å². The van der Waals surface area contributed by atoms with Crippen molar-refractivity contribution in [1.82, 2.24) is 5.32 Å². The van der Waals surface area contributed by atoms with E-state index in [0.29, 0.717) is 5.92 Å². The molecule has 18 heavy (non-hydrogen) atoms. The van der Waals surface area contributed by atoms with E-state index >= 15 is 0 Å². The zero-order valence-electron chi connectivity index (χ0n) is 13.0. The van der Waals surface area contributed by atoms with Gasteiger partial charge in [-0.25, -0.2) is 0 Å². The first-order valence-electron chi connectivity index (χ1n) is 7.18. The van der Waals surface area contributed by atoms with Gasteiger partial charge in [0.2, 0.25) is 5.91 Å². The molecule has 3 N–H and O–H groups in total. The lowest BCUT2D eigenvalue weighted by Crippen LogP contribution is -2.36. The van der Waals surface area contributed by atoms with Crippen LogP contribution in [0.1, 0.15) is 60.8 Å². The number of amides is 1. The van der Waals surface area contributed by atoms with Crippen LogP contribution in [-0.4, -0.2) is 18.5 Å². The van der Waals surface area contributed by atoms with Gasteiger partial charge in [-0.3, -0.25) is 4.79 Å². The molecule has 3 heteroatoms. The average Bonchev–Trinajstić information content (AvgIpc) is 2.23. The number of carbonyl (C=O) groups excluding carboxylic acids is 1. The van der Waals surface area contributed by atoms with E-state index in [1.54, 1.807) is 0 Å². The maximum absolute atomic E-state index is 11.9. The van der Waals surface area contributed by atoms with Gasteiger partial charge in [0.15, 0.2) is 0 Å². The van der Waals surface area contributed by atoms with Gasteiger partial charge in [-0.15, -0.1) is 0 Å². The summed E-state index contributed by atoms with van der Waals surface area (Å²) < 4.78 is 0. The Morgan fingerprint density at radius 1 is 1.17 bits per heavy atom. The Kier molecular flexibility index (Phi) is 7.53. The Morgan fingerprint density at radius 2 is 1.72 bits per heavy atom. The molecule has 0 heterocycles. The summed E-state index contributed by atoms with van der Waals surface area (Å²) in [4.78, 5) is 11.9. The highest BCUT2D eigenvalue weighted by atomic mass is 16.1. The van der Waals surface area contributed by atoms with Gasteiger partial charge in [0.25, 0.3) is 0 Å². The molecule has 3 unspecified atom stereocenters. The summed E-state index contributed by atoms with van der Waals surface area (Å²) in [6.45, 7) is 13.6. The van der Waals surface area contributed by atoms with Crippen LogP contribution in [0.2, 0.25) is 0 Å². The van der Waals surface area contributed by atoms with Crippen molar-refractivity contribution in [3.63, 3.8) is 0 Å². The first kappa shape index (κ1) is 17.4. The Labute approximate surface area is 113 Å². The van der Waals surface area contributed by atoms with Crippen LogP contribution >= 0.6 is 0 Å². The smallest absolute Gasteiger partial charge is 0.222 e. The molecule has 0 aromatic heterocycles. The fraction of sp³-hybridized carbons (Fsp3) is 0.933. The van der Waals surface area contributed by atoms with Crippen LogP contribution in [0.25, 0.3) is 0 Å². The summed E-state index contributed by atoms with van der Waals surface area (Å²) in [5, 5.41) is 3.06. The third kappa shape index (κ3) is 7.70. The Morgan fingerprint density at radius 3 is 2.17 bits per heavy atom. The summed E-state index contributed by atoms with van der Waals surface area (Å²) in [5.41, 5.74) is 5.94. The molecule has 0 spiro atoms. The third-order valence-electron chi connectivity index (χ3n) is 3.81. The number of carbonyl (C=O) groups is 1. The van der Waals surface area contributed by atoms with E-state index < -0.39 is 0 Å². The molecule has 3 nitrogen and oxygen atoms in total. The summed E-state index contributed by atoms with van der Waals surface area (Å²) in [6, 6.07) is 0.237. The van der Waals surface area contributed by atoms with Crippen LogP contribution < -0.4 is 11.1 Å². The van der Waals surface area contributed by atoms with E-state index in [2.05, 4.69) is 33.0 Å². The molecule has 0 aliphatic rings. The normalized spacial score (nSPS) is 17.1. The predicted molar refractivity (Wildman–Crippen MR) is 78.3 cm³/mol. The minimum absolute atomic E-state index is 0.0934. The highest BCUT2D eigenvalue weighted by Gasteiger charge is 2.21. The van der Waals surface area contributed by atoms with Crippen molar-refractivity contribution < 1.29 is 4.79 Å². The van der Waals surface area contributed by atoms with Crippen LogP contribution in [0.3, 0.4) is 0 Å². The fourth-order valence-corrected chi connectivity index (χ4v) is 1.61. The van der Waals surface area contributed by atoms with Gasteiger partial charge in [-0.1, -0.05) is 41.0 Å². The second-order valence-electron chi connectivity index (χ2n) is 6.82. The lowest BCUT2D eigenvalue weighted by molar-refractivity contribution is -0.125. The maximum Gasteiger partial charge on any atom is 0.222 e. The van der Waals surface area contributed by atoms with Crippen LogP contribution in [0.5, 0.6) is 0 Å². The van der Waals surface area contributed by atoms with Crippen molar-refractivity contribution in [2.24, 2.45) is 23.0 Å². The quantitative estimate of drug-likeness (QED) is 0.736. The van der Waals surface area contributed by atoms with Gasteiger partial charge in [0, 0.05) is 18.5 Å². The molecule has 0 aliphatic heterocycles. The first-order chi connectivity index (χ1) is 8.14. The molecule has 3 atom stereocenters. The minimum atomic E-state index is 0.0934. The molecule has 108 valence electrons. The van der Waals surface area contributed by atoms with Gasteiger partial charge in [-0.05, 0) is 31.1 Å². The van der Waals surface area contributed by atoms with Crippen molar-refractivity contribution in [2.45, 2.75) is 66.8 Å². The van der Waals surface area contributed by atoms with Crippen molar-refractivity contribution in [1.29, 1.82) is 0 Å². The fourth-order valence-electron chi connectivity index (χ4n) is 1.61. The van der Waals surface area contributed by atoms with Crippen LogP contribution in [0.4, 0.5) is 0 Å². The van der Waals surface area contributed by atoms with Crippen molar-refractivity contribution in [2.75, 3.05) is 6.54 Å². The third-order valence-corrected chi connectivity index (χ3v) is 3.81. The van der Waals surface area contributed by atoms with Crippen molar-refractivity contribution in [3.8, 4) is 0 Å². The summed E-state index contributed by atoms with van der Waals surface area (Å²) >= 11 is 0. The molecule has 0 bridgehead atoms. The highest BCUT2D eigenvalue weighted by molar-refractivity contribution is 5.78. The van der Waals surface area contributed by atoms with Gasteiger partial charge < -0.3 is 11.1 Å². The molecule has 0 saturated heterocycles. The van der Waals surface area contributed by atoms with E-state index in [9.17, 15) is 4.79 Å². The molecule has 0 saturated carbocycles. The number of rotatable bonds is 7. The molecule has 0 rings (SSSR count). The number of hydrogen-bond acceptors (Lipinski definition) is 2. The number of nitrogens with one attached hydrogen (secondary N) is 1. The molecule has 0 fully saturated rings. The summed E-state index contributed by atoms with van der Waals surface area (Å²) in [6.07, 6.45) is 2.95.